The van der Waals surface area contributed by atoms with Gasteiger partial charge in [0.25, 0.3) is 0 Å². The molecule has 0 unspecified atom stereocenters. The van der Waals surface area contributed by atoms with Crippen LogP contribution in [0.15, 0.2) is 45.9 Å². The monoisotopic (exact) mass is 359 g/mol. The van der Waals surface area contributed by atoms with Gasteiger partial charge in [0.2, 0.25) is 0 Å². The molecule has 1 saturated heterocycles. The van der Waals surface area contributed by atoms with Crippen LogP contribution in [0.5, 0.6) is 0 Å². The number of nitrogens with one attached hydrogen (secondary N) is 1. The molecule has 0 atom stereocenters. The lowest BCUT2D eigenvalue weighted by atomic mass is 10.1. The largest absolute Gasteiger partial charge is 0.455 e. The first-order chi connectivity index (χ1) is 12.1. The minimum absolute atomic E-state index is 0.459. The molecule has 1 N–H and O–H groups in total. The van der Waals surface area contributed by atoms with E-state index in [0.29, 0.717) is 29.6 Å². The van der Waals surface area contributed by atoms with Gasteiger partial charge in [0.15, 0.2) is 0 Å². The number of hydrogen-bond donors (Lipinski definition) is 1. The molecular formula is C18H18ClN3O3. The number of hydrogen-bond acceptors (Lipinski definition) is 4. The van der Waals surface area contributed by atoms with Crippen LogP contribution in [0.25, 0.3) is 11.3 Å². The van der Waals surface area contributed by atoms with Crippen LogP contribution in [0.3, 0.4) is 0 Å². The Labute approximate surface area is 150 Å². The Hall–Kier alpha value is -2.60. The van der Waals surface area contributed by atoms with Crippen molar-refractivity contribution in [2.24, 2.45) is 5.10 Å². The van der Waals surface area contributed by atoms with Crippen LogP contribution in [0, 0.1) is 0 Å². The zero-order valence-electron chi connectivity index (χ0n) is 13.6. The van der Waals surface area contributed by atoms with Crippen LogP contribution < -0.4 is 5.43 Å². The van der Waals surface area contributed by atoms with Gasteiger partial charge in [-0.1, -0.05) is 23.7 Å². The van der Waals surface area contributed by atoms with E-state index in [4.69, 9.17) is 16.0 Å². The lowest BCUT2D eigenvalue weighted by molar-refractivity contribution is -0.146. The highest BCUT2D eigenvalue weighted by molar-refractivity contribution is 6.35. The first kappa shape index (κ1) is 17.2. The molecule has 6 nitrogen and oxygen atoms in total. The van der Waals surface area contributed by atoms with Gasteiger partial charge in [-0.05, 0) is 43.5 Å². The first-order valence-corrected chi connectivity index (χ1v) is 8.49. The molecule has 0 radical (unpaired) electrons. The van der Waals surface area contributed by atoms with Gasteiger partial charge in [-0.2, -0.15) is 5.10 Å². The van der Waals surface area contributed by atoms with E-state index >= 15 is 0 Å². The van der Waals surface area contributed by atoms with E-state index < -0.39 is 11.8 Å². The maximum atomic E-state index is 12.0. The fraction of sp³-hybridized carbons (Fsp3) is 0.278. The highest BCUT2D eigenvalue weighted by Crippen LogP contribution is 2.24. The number of benzene rings is 1. The topological polar surface area (TPSA) is 74.9 Å². The summed E-state index contributed by atoms with van der Waals surface area (Å²) in [5.41, 5.74) is 3.09. The third kappa shape index (κ3) is 4.48. The smallest absolute Gasteiger partial charge is 0.329 e. The number of piperidine rings is 1. The van der Waals surface area contributed by atoms with Crippen molar-refractivity contribution in [1.82, 2.24) is 10.3 Å². The van der Waals surface area contributed by atoms with Gasteiger partial charge in [-0.15, -0.1) is 0 Å². The van der Waals surface area contributed by atoms with Crippen LogP contribution in [0.4, 0.5) is 0 Å². The Balaban J connectivity index is 1.57. The molecular weight excluding hydrogens is 342 g/mol. The lowest BCUT2D eigenvalue weighted by Gasteiger charge is -2.25. The normalized spacial score (nSPS) is 14.7. The third-order valence-corrected chi connectivity index (χ3v) is 4.17. The van der Waals surface area contributed by atoms with Crippen molar-refractivity contribution in [2.45, 2.75) is 19.3 Å². The van der Waals surface area contributed by atoms with Crippen molar-refractivity contribution >= 4 is 29.6 Å². The number of rotatable bonds is 3. The van der Waals surface area contributed by atoms with E-state index in [9.17, 15) is 9.59 Å². The number of furan rings is 1. The fourth-order valence-electron chi connectivity index (χ4n) is 2.66. The van der Waals surface area contributed by atoms with Crippen molar-refractivity contribution in [2.75, 3.05) is 13.1 Å². The number of likely N-dealkylation sites (tertiary alicyclic amines) is 1. The van der Waals surface area contributed by atoms with Crippen LogP contribution in [-0.2, 0) is 9.59 Å². The number of carbonyl (C=O) groups excluding carboxylic acids is 2. The zero-order chi connectivity index (χ0) is 17.6. The number of hydrazone groups is 1. The molecule has 2 aromatic rings. The average molecular weight is 360 g/mol. The molecule has 1 aliphatic rings. The van der Waals surface area contributed by atoms with Crippen LogP contribution in [-0.4, -0.2) is 36.0 Å². The molecule has 0 spiro atoms. The maximum Gasteiger partial charge on any atom is 0.329 e. The molecule has 0 bridgehead atoms. The molecule has 0 saturated carbocycles. The minimum atomic E-state index is -0.736. The van der Waals surface area contributed by atoms with Crippen LogP contribution in [0.1, 0.15) is 25.0 Å². The van der Waals surface area contributed by atoms with Gasteiger partial charge < -0.3 is 9.32 Å². The van der Waals surface area contributed by atoms with Crippen molar-refractivity contribution in [3.8, 4) is 11.3 Å². The van der Waals surface area contributed by atoms with Crippen molar-refractivity contribution in [1.29, 1.82) is 0 Å². The van der Waals surface area contributed by atoms with Crippen molar-refractivity contribution < 1.29 is 14.0 Å². The predicted octanol–water partition coefficient (Wildman–Crippen LogP) is 3.06. The van der Waals surface area contributed by atoms with Crippen LogP contribution in [0.2, 0.25) is 5.02 Å². The van der Waals surface area contributed by atoms with Gasteiger partial charge in [0.05, 0.1) is 6.21 Å². The predicted molar refractivity (Wildman–Crippen MR) is 95.3 cm³/mol. The molecule has 1 aromatic heterocycles. The Morgan fingerprint density at radius 1 is 1.16 bits per heavy atom. The van der Waals surface area contributed by atoms with E-state index in [1.165, 1.54) is 6.21 Å². The lowest BCUT2D eigenvalue weighted by Crippen LogP contribution is -2.43. The second-order valence-corrected chi connectivity index (χ2v) is 6.20. The highest BCUT2D eigenvalue weighted by Gasteiger charge is 2.22. The van der Waals surface area contributed by atoms with Gasteiger partial charge >= 0.3 is 11.8 Å². The Morgan fingerprint density at radius 3 is 2.72 bits per heavy atom. The van der Waals surface area contributed by atoms with Gasteiger partial charge in [-0.25, -0.2) is 5.43 Å². The molecule has 1 aliphatic heterocycles. The summed E-state index contributed by atoms with van der Waals surface area (Å²) in [6, 6.07) is 10.8. The van der Waals surface area contributed by atoms with Gasteiger partial charge in [0, 0.05) is 23.7 Å². The van der Waals surface area contributed by atoms with E-state index in [0.717, 1.165) is 24.8 Å². The van der Waals surface area contributed by atoms with E-state index in [2.05, 4.69) is 10.5 Å². The third-order valence-electron chi connectivity index (χ3n) is 3.93. The van der Waals surface area contributed by atoms with Gasteiger partial charge in [0.1, 0.15) is 11.5 Å². The van der Waals surface area contributed by atoms with E-state index in [1.54, 1.807) is 29.2 Å². The molecule has 7 heteroatoms. The SMILES string of the molecule is O=C(N/N=C/c1ccc(-c2cccc(Cl)c2)o1)C(=O)N1CCCCC1. The second kappa shape index (κ2) is 7.98. The summed E-state index contributed by atoms with van der Waals surface area (Å²) in [4.78, 5) is 25.4. The summed E-state index contributed by atoms with van der Waals surface area (Å²) in [7, 11) is 0. The molecule has 0 aliphatic carbocycles. The Bertz CT molecular complexity index is 794. The summed E-state index contributed by atoms with van der Waals surface area (Å²) < 4.78 is 5.63. The summed E-state index contributed by atoms with van der Waals surface area (Å²) in [5, 5.41) is 4.41. The molecule has 2 heterocycles. The van der Waals surface area contributed by atoms with Crippen molar-refractivity contribution in [3.05, 3.63) is 47.2 Å². The Morgan fingerprint density at radius 2 is 1.96 bits per heavy atom. The molecule has 3 rings (SSSR count). The molecule has 130 valence electrons. The maximum absolute atomic E-state index is 12.0. The quantitative estimate of drug-likeness (QED) is 0.520. The highest BCUT2D eigenvalue weighted by atomic mass is 35.5. The second-order valence-electron chi connectivity index (χ2n) is 5.76. The van der Waals surface area contributed by atoms with Gasteiger partial charge in [-0.3, -0.25) is 9.59 Å². The molecule has 25 heavy (non-hydrogen) atoms. The number of carbonyl (C=O) groups is 2. The fourth-order valence-corrected chi connectivity index (χ4v) is 2.85. The number of halogens is 1. The minimum Gasteiger partial charge on any atom is -0.455 e. The summed E-state index contributed by atoms with van der Waals surface area (Å²) in [6.45, 7) is 1.24. The summed E-state index contributed by atoms with van der Waals surface area (Å²) in [6.07, 6.45) is 4.31. The Kier molecular flexibility index (Phi) is 5.50. The molecule has 2 amide bonds. The molecule has 1 aromatic carbocycles. The van der Waals surface area contributed by atoms with Crippen LogP contribution >= 0.6 is 11.6 Å². The molecule has 1 fully saturated rings. The number of amides is 2. The number of nitrogens with zero attached hydrogens (tertiary/aromatic N) is 2. The summed E-state index contributed by atoms with van der Waals surface area (Å²) in [5.74, 6) is -0.184. The zero-order valence-corrected chi connectivity index (χ0v) is 14.3. The van der Waals surface area contributed by atoms with Crippen molar-refractivity contribution in [3.63, 3.8) is 0 Å². The first-order valence-electron chi connectivity index (χ1n) is 8.11. The average Bonchev–Trinajstić information content (AvgIpc) is 3.11. The van der Waals surface area contributed by atoms with E-state index in [-0.39, 0.29) is 0 Å². The van der Waals surface area contributed by atoms with E-state index in [1.807, 2.05) is 12.1 Å². The standard InChI is InChI=1S/C18H18ClN3O3/c19-14-6-4-5-13(11-14)16-8-7-15(25-16)12-20-21-17(23)18(24)22-9-2-1-3-10-22/h4-8,11-12H,1-3,9-10H2,(H,21,23)/b20-12+. The summed E-state index contributed by atoms with van der Waals surface area (Å²) >= 11 is 5.96.